The maximum Gasteiger partial charge on any atom is 0.245 e. The van der Waals surface area contributed by atoms with E-state index in [9.17, 15) is 4.79 Å². The molecule has 0 unspecified atom stereocenters. The standard InChI is InChI=1S/C14H11Br3N2O/c15-9-6-10(16)13(11(17)7-9)19-14(20)12(18)8-4-2-1-3-5-8/h1-7,12H,18H2,(H,19,20)/t12-/m1/s1. The molecule has 3 nitrogen and oxygen atoms in total. The van der Waals surface area contributed by atoms with Crippen LogP contribution >= 0.6 is 47.8 Å². The number of carbonyl (C=O) groups excluding carboxylic acids is 1. The van der Waals surface area contributed by atoms with Gasteiger partial charge in [-0.15, -0.1) is 0 Å². The minimum atomic E-state index is -0.710. The van der Waals surface area contributed by atoms with Crippen LogP contribution in [0.3, 0.4) is 0 Å². The van der Waals surface area contributed by atoms with Crippen molar-refractivity contribution in [3.05, 3.63) is 61.4 Å². The van der Waals surface area contributed by atoms with Crippen molar-refractivity contribution in [2.24, 2.45) is 5.73 Å². The van der Waals surface area contributed by atoms with Crippen LogP contribution in [0.2, 0.25) is 0 Å². The lowest BCUT2D eigenvalue weighted by Crippen LogP contribution is -2.28. The van der Waals surface area contributed by atoms with Gasteiger partial charge in [-0.25, -0.2) is 0 Å². The number of hydrogen-bond donors (Lipinski definition) is 2. The molecule has 0 aliphatic rings. The molecule has 104 valence electrons. The van der Waals surface area contributed by atoms with E-state index in [2.05, 4.69) is 53.1 Å². The number of hydrogen-bond acceptors (Lipinski definition) is 2. The van der Waals surface area contributed by atoms with Gasteiger partial charge in [0.15, 0.2) is 0 Å². The number of rotatable bonds is 3. The SMILES string of the molecule is N[C@@H](C(=O)Nc1c(Br)cc(Br)cc1Br)c1ccccc1. The topological polar surface area (TPSA) is 55.1 Å². The lowest BCUT2D eigenvalue weighted by atomic mass is 10.1. The summed E-state index contributed by atoms with van der Waals surface area (Å²) in [5.41, 5.74) is 7.39. The van der Waals surface area contributed by atoms with Crippen LogP contribution in [-0.2, 0) is 4.79 Å². The second kappa shape index (κ2) is 6.85. The van der Waals surface area contributed by atoms with Gasteiger partial charge < -0.3 is 11.1 Å². The van der Waals surface area contributed by atoms with Crippen LogP contribution in [0, 0.1) is 0 Å². The highest BCUT2D eigenvalue weighted by atomic mass is 79.9. The van der Waals surface area contributed by atoms with E-state index in [1.807, 2.05) is 42.5 Å². The molecule has 20 heavy (non-hydrogen) atoms. The number of halogens is 3. The first-order valence-electron chi connectivity index (χ1n) is 5.75. The maximum atomic E-state index is 12.2. The second-order valence-electron chi connectivity index (χ2n) is 4.12. The Morgan fingerprint density at radius 1 is 1.05 bits per heavy atom. The van der Waals surface area contributed by atoms with Crippen molar-refractivity contribution in [3.63, 3.8) is 0 Å². The third-order valence-corrected chi connectivity index (χ3v) is 4.40. The average molecular weight is 463 g/mol. The van der Waals surface area contributed by atoms with Crippen LogP contribution in [0.1, 0.15) is 11.6 Å². The van der Waals surface area contributed by atoms with E-state index in [-0.39, 0.29) is 5.91 Å². The summed E-state index contributed by atoms with van der Waals surface area (Å²) in [6, 6.07) is 12.3. The molecule has 3 N–H and O–H groups in total. The van der Waals surface area contributed by atoms with Crippen molar-refractivity contribution in [1.82, 2.24) is 0 Å². The molecule has 0 aromatic heterocycles. The molecule has 0 saturated heterocycles. The molecule has 2 aromatic rings. The highest BCUT2D eigenvalue weighted by Crippen LogP contribution is 2.34. The number of amides is 1. The Morgan fingerprint density at radius 2 is 1.60 bits per heavy atom. The molecule has 6 heteroatoms. The zero-order valence-corrected chi connectivity index (χ0v) is 15.0. The smallest absolute Gasteiger partial charge is 0.245 e. The van der Waals surface area contributed by atoms with Crippen molar-refractivity contribution in [2.75, 3.05) is 5.32 Å². The first-order valence-corrected chi connectivity index (χ1v) is 8.13. The van der Waals surface area contributed by atoms with Crippen LogP contribution < -0.4 is 11.1 Å². The molecule has 0 spiro atoms. The van der Waals surface area contributed by atoms with Crippen LogP contribution in [0.25, 0.3) is 0 Å². The summed E-state index contributed by atoms with van der Waals surface area (Å²) in [4.78, 5) is 12.2. The van der Waals surface area contributed by atoms with Crippen LogP contribution in [-0.4, -0.2) is 5.91 Å². The van der Waals surface area contributed by atoms with Crippen molar-refractivity contribution in [2.45, 2.75) is 6.04 Å². The first kappa shape index (κ1) is 15.7. The predicted molar refractivity (Wildman–Crippen MR) is 91.5 cm³/mol. The summed E-state index contributed by atoms with van der Waals surface area (Å²) in [6.45, 7) is 0. The van der Waals surface area contributed by atoms with Crippen LogP contribution in [0.5, 0.6) is 0 Å². The Labute approximate surface area is 142 Å². The van der Waals surface area contributed by atoms with Gasteiger partial charge in [0.25, 0.3) is 0 Å². The molecule has 2 rings (SSSR count). The monoisotopic (exact) mass is 460 g/mol. The fraction of sp³-hybridized carbons (Fsp3) is 0.0714. The largest absolute Gasteiger partial charge is 0.322 e. The molecule has 0 saturated carbocycles. The van der Waals surface area contributed by atoms with Gasteiger partial charge in [0.2, 0.25) is 5.91 Å². The number of nitrogens with one attached hydrogen (secondary N) is 1. The summed E-state index contributed by atoms with van der Waals surface area (Å²) in [5.74, 6) is -0.264. The van der Waals surface area contributed by atoms with E-state index < -0.39 is 6.04 Å². The minimum absolute atomic E-state index is 0.264. The fourth-order valence-corrected chi connectivity index (χ4v) is 4.13. The molecular formula is C14H11Br3N2O. The van der Waals surface area contributed by atoms with Gasteiger partial charge in [-0.3, -0.25) is 4.79 Å². The summed E-state index contributed by atoms with van der Waals surface area (Å²) in [5, 5.41) is 2.83. The first-order chi connectivity index (χ1) is 9.49. The highest BCUT2D eigenvalue weighted by molar-refractivity contribution is 9.11. The zero-order valence-electron chi connectivity index (χ0n) is 10.2. The lowest BCUT2D eigenvalue weighted by Gasteiger charge is -2.15. The summed E-state index contributed by atoms with van der Waals surface area (Å²) >= 11 is 10.2. The third kappa shape index (κ3) is 3.69. The molecular weight excluding hydrogens is 452 g/mol. The summed E-state index contributed by atoms with van der Waals surface area (Å²) in [6.07, 6.45) is 0. The minimum Gasteiger partial charge on any atom is -0.322 e. The van der Waals surface area contributed by atoms with Crippen LogP contribution in [0.15, 0.2) is 55.9 Å². The van der Waals surface area contributed by atoms with E-state index in [4.69, 9.17) is 5.73 Å². The normalized spacial score (nSPS) is 12.0. The Bertz CT molecular complexity index is 609. The summed E-state index contributed by atoms with van der Waals surface area (Å²) in [7, 11) is 0. The predicted octanol–water partition coefficient (Wildman–Crippen LogP) is 4.61. The van der Waals surface area contributed by atoms with Gasteiger partial charge in [0.05, 0.1) is 5.69 Å². The van der Waals surface area contributed by atoms with Crippen molar-refractivity contribution in [1.29, 1.82) is 0 Å². The number of carbonyl (C=O) groups is 1. The summed E-state index contributed by atoms with van der Waals surface area (Å²) < 4.78 is 2.45. The Morgan fingerprint density at radius 3 is 2.15 bits per heavy atom. The molecule has 1 amide bonds. The lowest BCUT2D eigenvalue weighted by molar-refractivity contribution is -0.117. The number of benzene rings is 2. The van der Waals surface area contributed by atoms with Gasteiger partial charge in [0.1, 0.15) is 6.04 Å². The average Bonchev–Trinajstić information content (AvgIpc) is 2.42. The quantitative estimate of drug-likeness (QED) is 0.699. The van der Waals surface area contributed by atoms with E-state index in [1.54, 1.807) is 0 Å². The van der Waals surface area contributed by atoms with Crippen molar-refractivity contribution in [3.8, 4) is 0 Å². The second-order valence-corrected chi connectivity index (χ2v) is 6.75. The van der Waals surface area contributed by atoms with E-state index in [0.29, 0.717) is 5.69 Å². The molecule has 0 aliphatic heterocycles. The van der Waals surface area contributed by atoms with E-state index in [0.717, 1.165) is 19.0 Å². The fourth-order valence-electron chi connectivity index (χ4n) is 1.67. The Balaban J connectivity index is 2.20. The van der Waals surface area contributed by atoms with Crippen LogP contribution in [0.4, 0.5) is 5.69 Å². The number of nitrogens with two attached hydrogens (primary N) is 1. The Hall–Kier alpha value is -0.690. The van der Waals surface area contributed by atoms with Crippen molar-refractivity contribution >= 4 is 59.4 Å². The van der Waals surface area contributed by atoms with Gasteiger partial charge in [-0.1, -0.05) is 46.3 Å². The van der Waals surface area contributed by atoms with Gasteiger partial charge in [0, 0.05) is 13.4 Å². The molecule has 0 bridgehead atoms. The molecule has 2 aromatic carbocycles. The highest BCUT2D eigenvalue weighted by Gasteiger charge is 2.18. The number of anilines is 1. The maximum absolute atomic E-state index is 12.2. The Kier molecular flexibility index (Phi) is 5.37. The molecule has 0 radical (unpaired) electrons. The van der Waals surface area contributed by atoms with Crippen molar-refractivity contribution < 1.29 is 4.79 Å². The van der Waals surface area contributed by atoms with Gasteiger partial charge in [-0.05, 0) is 49.6 Å². The van der Waals surface area contributed by atoms with E-state index in [1.165, 1.54) is 0 Å². The third-order valence-electron chi connectivity index (χ3n) is 2.70. The molecule has 0 heterocycles. The molecule has 0 fully saturated rings. The zero-order chi connectivity index (χ0) is 14.7. The molecule has 0 aliphatic carbocycles. The van der Waals surface area contributed by atoms with E-state index >= 15 is 0 Å². The van der Waals surface area contributed by atoms with Gasteiger partial charge in [-0.2, -0.15) is 0 Å². The molecule has 1 atom stereocenters. The van der Waals surface area contributed by atoms with Gasteiger partial charge >= 0.3 is 0 Å².